The Labute approximate surface area is 138 Å². The Morgan fingerprint density at radius 2 is 1.83 bits per heavy atom. The number of aliphatic hydroxyl groups is 1. The molecule has 0 bridgehead atoms. The lowest BCUT2D eigenvalue weighted by Gasteiger charge is -2.21. The van der Waals surface area contributed by atoms with Crippen molar-refractivity contribution in [3.05, 3.63) is 65.2 Å². The van der Waals surface area contributed by atoms with Crippen LogP contribution in [-0.2, 0) is 11.4 Å². The molecule has 3 heteroatoms. The molecular weight excluding hydrogens is 286 g/mol. The lowest BCUT2D eigenvalue weighted by Crippen LogP contribution is -2.19. The summed E-state index contributed by atoms with van der Waals surface area (Å²) in [6, 6.07) is 15.8. The van der Waals surface area contributed by atoms with Crippen molar-refractivity contribution in [2.75, 3.05) is 5.32 Å². The molecule has 3 nitrogen and oxygen atoms in total. The Balaban J connectivity index is 2.11. The molecule has 0 fully saturated rings. The fraction of sp³-hybridized carbons (Fsp3) is 0.350. The van der Waals surface area contributed by atoms with Crippen LogP contribution in [0.2, 0.25) is 0 Å². The summed E-state index contributed by atoms with van der Waals surface area (Å²) < 4.78 is 0. The topological polar surface area (TPSA) is 49.3 Å². The molecule has 2 N–H and O–H groups in total. The molecule has 0 aliphatic heterocycles. The average molecular weight is 311 g/mol. The fourth-order valence-corrected chi connectivity index (χ4v) is 2.74. The van der Waals surface area contributed by atoms with Gasteiger partial charge in [-0.3, -0.25) is 4.79 Å². The number of carbonyl (C=O) groups is 1. The van der Waals surface area contributed by atoms with E-state index < -0.39 is 0 Å². The Kier molecular flexibility index (Phi) is 5.94. The van der Waals surface area contributed by atoms with Gasteiger partial charge < -0.3 is 10.4 Å². The molecule has 0 saturated carbocycles. The normalized spacial score (nSPS) is 12.2. The first-order valence-electron chi connectivity index (χ1n) is 8.06. The summed E-state index contributed by atoms with van der Waals surface area (Å²) in [5, 5.41) is 12.2. The highest BCUT2D eigenvalue weighted by Crippen LogP contribution is 2.28. The number of nitrogens with one attached hydrogen (secondary N) is 1. The average Bonchev–Trinajstić information content (AvgIpc) is 2.55. The molecule has 0 radical (unpaired) electrons. The molecule has 2 aromatic carbocycles. The monoisotopic (exact) mass is 311 g/mol. The highest BCUT2D eigenvalue weighted by atomic mass is 16.3. The van der Waals surface area contributed by atoms with Gasteiger partial charge >= 0.3 is 0 Å². The predicted octanol–water partition coefficient (Wildman–Crippen LogP) is 4.26. The van der Waals surface area contributed by atoms with Crippen LogP contribution in [0.3, 0.4) is 0 Å². The van der Waals surface area contributed by atoms with Crippen LogP contribution in [0.4, 0.5) is 5.69 Å². The van der Waals surface area contributed by atoms with E-state index in [-0.39, 0.29) is 18.4 Å². The number of rotatable bonds is 6. The second-order valence-electron chi connectivity index (χ2n) is 6.32. The summed E-state index contributed by atoms with van der Waals surface area (Å²) in [6.45, 7) is 6.21. The van der Waals surface area contributed by atoms with E-state index in [1.54, 1.807) is 0 Å². The zero-order valence-corrected chi connectivity index (χ0v) is 14.0. The third-order valence-electron chi connectivity index (χ3n) is 4.20. The van der Waals surface area contributed by atoms with Crippen molar-refractivity contribution in [3.8, 4) is 0 Å². The third kappa shape index (κ3) is 4.67. The molecule has 0 saturated heterocycles. The van der Waals surface area contributed by atoms with Crippen molar-refractivity contribution in [1.29, 1.82) is 0 Å². The van der Waals surface area contributed by atoms with E-state index in [2.05, 4.69) is 31.3 Å². The Hall–Kier alpha value is -2.13. The first kappa shape index (κ1) is 17.2. The van der Waals surface area contributed by atoms with Crippen LogP contribution in [0.15, 0.2) is 48.5 Å². The predicted molar refractivity (Wildman–Crippen MR) is 94.4 cm³/mol. The molecule has 0 aliphatic rings. The highest BCUT2D eigenvalue weighted by molar-refractivity contribution is 5.92. The minimum atomic E-state index is -0.0260. The van der Waals surface area contributed by atoms with E-state index in [4.69, 9.17) is 0 Å². The van der Waals surface area contributed by atoms with Gasteiger partial charge in [0.25, 0.3) is 0 Å². The zero-order valence-electron chi connectivity index (χ0n) is 14.0. The van der Waals surface area contributed by atoms with Crippen molar-refractivity contribution >= 4 is 11.6 Å². The number of carbonyl (C=O) groups excluding carboxylic acids is 1. The number of amides is 1. The van der Waals surface area contributed by atoms with Gasteiger partial charge in [-0.2, -0.15) is 0 Å². The maximum atomic E-state index is 12.5. The smallest absolute Gasteiger partial charge is 0.225 e. The van der Waals surface area contributed by atoms with Gasteiger partial charge in [-0.05, 0) is 41.5 Å². The first-order chi connectivity index (χ1) is 11.0. The minimum Gasteiger partial charge on any atom is -0.392 e. The quantitative estimate of drug-likeness (QED) is 0.837. The lowest BCUT2D eigenvalue weighted by molar-refractivity contribution is -0.116. The summed E-state index contributed by atoms with van der Waals surface area (Å²) in [5.74, 6) is 0.580. The molecule has 2 aromatic rings. The van der Waals surface area contributed by atoms with Crippen LogP contribution in [0.25, 0.3) is 0 Å². The van der Waals surface area contributed by atoms with Crippen molar-refractivity contribution < 1.29 is 9.90 Å². The van der Waals surface area contributed by atoms with Crippen LogP contribution in [0.1, 0.15) is 42.9 Å². The summed E-state index contributed by atoms with van der Waals surface area (Å²) in [6.07, 6.45) is 0.449. The largest absolute Gasteiger partial charge is 0.392 e. The van der Waals surface area contributed by atoms with E-state index >= 15 is 0 Å². The Morgan fingerprint density at radius 1 is 1.13 bits per heavy atom. The van der Waals surface area contributed by atoms with Gasteiger partial charge in [0.2, 0.25) is 5.91 Å². The fourth-order valence-electron chi connectivity index (χ4n) is 2.74. The molecule has 122 valence electrons. The highest BCUT2D eigenvalue weighted by Gasteiger charge is 2.19. The van der Waals surface area contributed by atoms with E-state index in [1.807, 2.05) is 43.3 Å². The summed E-state index contributed by atoms with van der Waals surface area (Å²) in [5.41, 5.74) is 3.77. The van der Waals surface area contributed by atoms with Gasteiger partial charge in [0.05, 0.1) is 6.61 Å². The molecule has 1 amide bonds. The summed E-state index contributed by atoms with van der Waals surface area (Å²) in [7, 11) is 0. The lowest BCUT2D eigenvalue weighted by atomic mass is 9.85. The van der Waals surface area contributed by atoms with E-state index in [1.165, 1.54) is 5.56 Å². The van der Waals surface area contributed by atoms with Crippen molar-refractivity contribution in [2.45, 2.75) is 39.7 Å². The SMILES string of the molecule is Cc1ccc(CO)cc1NC(=O)CC(c1ccccc1)C(C)C. The number of anilines is 1. The summed E-state index contributed by atoms with van der Waals surface area (Å²) in [4.78, 5) is 12.5. The molecule has 0 heterocycles. The number of hydrogen-bond donors (Lipinski definition) is 2. The number of aliphatic hydroxyl groups excluding tert-OH is 1. The molecular formula is C20H25NO2. The van der Waals surface area contributed by atoms with Gasteiger partial charge in [-0.25, -0.2) is 0 Å². The summed E-state index contributed by atoms with van der Waals surface area (Å²) >= 11 is 0. The minimum absolute atomic E-state index is 0.00532. The van der Waals surface area contributed by atoms with Crippen molar-refractivity contribution in [1.82, 2.24) is 0 Å². The van der Waals surface area contributed by atoms with Gasteiger partial charge in [-0.1, -0.05) is 56.3 Å². The van der Waals surface area contributed by atoms with E-state index in [0.717, 1.165) is 16.8 Å². The van der Waals surface area contributed by atoms with Crippen LogP contribution < -0.4 is 5.32 Å². The molecule has 1 atom stereocenters. The van der Waals surface area contributed by atoms with Gasteiger partial charge in [0, 0.05) is 12.1 Å². The maximum absolute atomic E-state index is 12.5. The number of aryl methyl sites for hydroxylation is 1. The van der Waals surface area contributed by atoms with Crippen molar-refractivity contribution in [3.63, 3.8) is 0 Å². The zero-order chi connectivity index (χ0) is 16.8. The molecule has 1 unspecified atom stereocenters. The van der Waals surface area contributed by atoms with Crippen LogP contribution >= 0.6 is 0 Å². The van der Waals surface area contributed by atoms with Gasteiger partial charge in [0.15, 0.2) is 0 Å². The van der Waals surface area contributed by atoms with Crippen LogP contribution in [-0.4, -0.2) is 11.0 Å². The molecule has 2 rings (SSSR count). The first-order valence-corrected chi connectivity index (χ1v) is 8.06. The van der Waals surface area contributed by atoms with Crippen LogP contribution in [0.5, 0.6) is 0 Å². The standard InChI is InChI=1S/C20H25NO2/c1-14(2)18(17-7-5-4-6-8-17)12-20(23)21-19-11-16(13-22)10-9-15(19)3/h4-11,14,18,22H,12-13H2,1-3H3,(H,21,23). The molecule has 0 aromatic heterocycles. The van der Waals surface area contributed by atoms with E-state index in [0.29, 0.717) is 12.3 Å². The van der Waals surface area contributed by atoms with Crippen LogP contribution in [0, 0.1) is 12.8 Å². The molecule has 0 aliphatic carbocycles. The van der Waals surface area contributed by atoms with Crippen molar-refractivity contribution in [2.24, 2.45) is 5.92 Å². The second kappa shape index (κ2) is 7.93. The maximum Gasteiger partial charge on any atom is 0.225 e. The number of benzene rings is 2. The van der Waals surface area contributed by atoms with E-state index in [9.17, 15) is 9.90 Å². The Morgan fingerprint density at radius 3 is 2.43 bits per heavy atom. The van der Waals surface area contributed by atoms with Gasteiger partial charge in [0.1, 0.15) is 0 Å². The second-order valence-corrected chi connectivity index (χ2v) is 6.32. The molecule has 23 heavy (non-hydrogen) atoms. The molecule has 0 spiro atoms. The third-order valence-corrected chi connectivity index (χ3v) is 4.20. The number of hydrogen-bond acceptors (Lipinski definition) is 2. The Bertz CT molecular complexity index is 650. The van der Waals surface area contributed by atoms with Gasteiger partial charge in [-0.15, -0.1) is 0 Å².